The number of amides is 1. The maximum absolute atomic E-state index is 12.9. The van der Waals surface area contributed by atoms with E-state index >= 15 is 0 Å². The fourth-order valence-electron chi connectivity index (χ4n) is 3.82. The normalized spacial score (nSPS) is 14.5. The lowest BCUT2D eigenvalue weighted by atomic mass is 10.1. The summed E-state index contributed by atoms with van der Waals surface area (Å²) in [5.41, 5.74) is 0.957. The van der Waals surface area contributed by atoms with Crippen LogP contribution in [0, 0.1) is 6.92 Å². The van der Waals surface area contributed by atoms with Crippen LogP contribution in [0.4, 0.5) is 0 Å². The number of carbonyl (C=O) groups excluding carboxylic acids is 1. The zero-order valence-corrected chi connectivity index (χ0v) is 18.9. The molecule has 10 heteroatoms. The highest BCUT2D eigenvalue weighted by atomic mass is 16.5. The van der Waals surface area contributed by atoms with E-state index in [0.717, 1.165) is 55.0 Å². The van der Waals surface area contributed by atoms with Crippen LogP contribution in [0.1, 0.15) is 12.0 Å². The van der Waals surface area contributed by atoms with Crippen LogP contribution in [-0.2, 0) is 23.1 Å². The molecule has 0 unspecified atom stereocenters. The molecule has 3 heterocycles. The monoisotopic (exact) mass is 452 g/mol. The Morgan fingerprint density at radius 2 is 1.88 bits per heavy atom. The highest BCUT2D eigenvalue weighted by Crippen LogP contribution is 2.16. The van der Waals surface area contributed by atoms with Gasteiger partial charge < -0.3 is 10.1 Å². The first-order valence-electron chi connectivity index (χ1n) is 11.0. The minimum atomic E-state index is -0.593. The number of aromatic nitrogens is 4. The van der Waals surface area contributed by atoms with Crippen molar-refractivity contribution in [2.24, 2.45) is 7.05 Å². The van der Waals surface area contributed by atoms with Gasteiger partial charge in [0.05, 0.1) is 13.2 Å². The van der Waals surface area contributed by atoms with Crippen LogP contribution in [0.5, 0.6) is 0 Å². The van der Waals surface area contributed by atoms with Gasteiger partial charge in [0.15, 0.2) is 11.5 Å². The fourth-order valence-corrected chi connectivity index (χ4v) is 3.82. The molecule has 0 saturated carbocycles. The largest absolute Gasteiger partial charge is 0.379 e. The van der Waals surface area contributed by atoms with Crippen LogP contribution in [0.15, 0.2) is 40.1 Å². The highest BCUT2D eigenvalue weighted by Gasteiger charge is 2.16. The topological polar surface area (TPSA) is 111 Å². The molecule has 2 aromatic heterocycles. The molecule has 1 aliphatic rings. The van der Waals surface area contributed by atoms with E-state index in [1.54, 1.807) is 0 Å². The van der Waals surface area contributed by atoms with Crippen molar-refractivity contribution in [1.29, 1.82) is 0 Å². The van der Waals surface area contributed by atoms with Crippen LogP contribution < -0.4 is 16.6 Å². The molecule has 1 N–H and O–H groups in total. The third kappa shape index (κ3) is 5.18. The summed E-state index contributed by atoms with van der Waals surface area (Å²) in [6, 6.07) is 7.66. The van der Waals surface area contributed by atoms with Gasteiger partial charge in [-0.15, -0.1) is 0 Å². The average Bonchev–Trinajstić information content (AvgIpc) is 2.84. The van der Waals surface area contributed by atoms with Gasteiger partial charge in [0, 0.05) is 38.4 Å². The van der Waals surface area contributed by atoms with E-state index < -0.39 is 11.2 Å². The SMILES string of the molecule is Cc1ccc(-c2ncc3c(=O)n(CC(=O)NCCCN4CCOCC4)c(=O)n(C)c3n2)cc1. The van der Waals surface area contributed by atoms with Crippen molar-refractivity contribution in [2.45, 2.75) is 19.9 Å². The second-order valence-corrected chi connectivity index (χ2v) is 8.19. The minimum Gasteiger partial charge on any atom is -0.379 e. The standard InChI is InChI=1S/C23H28N6O4/c1-16-4-6-17(7-5-16)20-25-14-18-21(26-20)27(2)23(32)29(22(18)31)15-19(30)24-8-3-9-28-10-12-33-13-11-28/h4-7,14H,3,8-13,15H2,1-2H3,(H,24,30). The second kappa shape index (κ2) is 10.1. The maximum Gasteiger partial charge on any atom is 0.332 e. The zero-order chi connectivity index (χ0) is 23.4. The van der Waals surface area contributed by atoms with E-state index in [0.29, 0.717) is 12.4 Å². The molecule has 1 saturated heterocycles. The Bertz CT molecular complexity index is 1260. The molecule has 1 aromatic carbocycles. The summed E-state index contributed by atoms with van der Waals surface area (Å²) < 4.78 is 7.53. The van der Waals surface area contributed by atoms with E-state index in [1.807, 2.05) is 31.2 Å². The Hall–Kier alpha value is -3.37. The van der Waals surface area contributed by atoms with Gasteiger partial charge in [-0.2, -0.15) is 0 Å². The van der Waals surface area contributed by atoms with Crippen molar-refractivity contribution >= 4 is 16.9 Å². The lowest BCUT2D eigenvalue weighted by Crippen LogP contribution is -2.44. The number of benzene rings is 1. The summed E-state index contributed by atoms with van der Waals surface area (Å²) in [6.45, 7) is 6.22. The molecule has 174 valence electrons. The van der Waals surface area contributed by atoms with Gasteiger partial charge in [0.2, 0.25) is 5.91 Å². The molecule has 4 rings (SSSR count). The molecule has 0 spiro atoms. The number of rotatable bonds is 7. The van der Waals surface area contributed by atoms with Gasteiger partial charge in [-0.3, -0.25) is 23.6 Å². The number of hydrogen-bond donors (Lipinski definition) is 1. The van der Waals surface area contributed by atoms with Crippen molar-refractivity contribution in [3.63, 3.8) is 0 Å². The second-order valence-electron chi connectivity index (χ2n) is 8.19. The van der Waals surface area contributed by atoms with Crippen LogP contribution in [0.25, 0.3) is 22.4 Å². The molecular formula is C23H28N6O4. The molecule has 33 heavy (non-hydrogen) atoms. The summed E-state index contributed by atoms with van der Waals surface area (Å²) in [5.74, 6) is 0.0420. The quantitative estimate of drug-likeness (QED) is 0.514. The van der Waals surface area contributed by atoms with Gasteiger partial charge in [-0.25, -0.2) is 14.8 Å². The molecule has 1 amide bonds. The number of fused-ring (bicyclic) bond motifs is 1. The van der Waals surface area contributed by atoms with Crippen molar-refractivity contribution in [3.8, 4) is 11.4 Å². The predicted molar refractivity (Wildman–Crippen MR) is 124 cm³/mol. The number of morpholine rings is 1. The lowest BCUT2D eigenvalue weighted by molar-refractivity contribution is -0.121. The van der Waals surface area contributed by atoms with Crippen LogP contribution in [0.3, 0.4) is 0 Å². The Balaban J connectivity index is 1.48. The Morgan fingerprint density at radius 1 is 1.15 bits per heavy atom. The lowest BCUT2D eigenvalue weighted by Gasteiger charge is -2.26. The smallest absolute Gasteiger partial charge is 0.332 e. The fraction of sp³-hybridized carbons (Fsp3) is 0.435. The molecule has 0 aliphatic carbocycles. The number of carbonyl (C=O) groups is 1. The highest BCUT2D eigenvalue weighted by molar-refractivity contribution is 5.78. The zero-order valence-electron chi connectivity index (χ0n) is 18.9. The number of aryl methyl sites for hydroxylation is 2. The molecule has 0 atom stereocenters. The predicted octanol–water partition coefficient (Wildman–Crippen LogP) is 0.304. The molecule has 10 nitrogen and oxygen atoms in total. The van der Waals surface area contributed by atoms with Crippen molar-refractivity contribution < 1.29 is 9.53 Å². The number of hydrogen-bond acceptors (Lipinski definition) is 7. The van der Waals surface area contributed by atoms with Gasteiger partial charge in [-0.05, 0) is 19.9 Å². The van der Waals surface area contributed by atoms with Crippen molar-refractivity contribution in [3.05, 3.63) is 56.9 Å². The third-order valence-electron chi connectivity index (χ3n) is 5.77. The third-order valence-corrected chi connectivity index (χ3v) is 5.77. The van der Waals surface area contributed by atoms with E-state index in [1.165, 1.54) is 17.8 Å². The number of ether oxygens (including phenoxy) is 1. The van der Waals surface area contributed by atoms with Crippen LogP contribution >= 0.6 is 0 Å². The first-order chi connectivity index (χ1) is 15.9. The Kier molecular flexibility index (Phi) is 6.95. The molecule has 0 bridgehead atoms. The van der Waals surface area contributed by atoms with Crippen molar-refractivity contribution in [1.82, 2.24) is 29.3 Å². The molecule has 1 aliphatic heterocycles. The van der Waals surface area contributed by atoms with Gasteiger partial charge in [0.25, 0.3) is 5.56 Å². The Morgan fingerprint density at radius 3 is 2.61 bits per heavy atom. The summed E-state index contributed by atoms with van der Waals surface area (Å²) in [7, 11) is 1.53. The van der Waals surface area contributed by atoms with Gasteiger partial charge in [0.1, 0.15) is 11.9 Å². The molecule has 3 aromatic rings. The average molecular weight is 453 g/mol. The van der Waals surface area contributed by atoms with E-state index in [-0.39, 0.29) is 23.5 Å². The van der Waals surface area contributed by atoms with E-state index in [9.17, 15) is 14.4 Å². The maximum atomic E-state index is 12.9. The Labute approximate surface area is 190 Å². The summed E-state index contributed by atoms with van der Waals surface area (Å²) in [4.78, 5) is 49.2. The summed E-state index contributed by atoms with van der Waals surface area (Å²) in [6.07, 6.45) is 2.20. The minimum absolute atomic E-state index is 0.188. The molecule has 0 radical (unpaired) electrons. The van der Waals surface area contributed by atoms with E-state index in [2.05, 4.69) is 20.2 Å². The first kappa shape index (κ1) is 22.8. The first-order valence-corrected chi connectivity index (χ1v) is 11.0. The number of nitrogens with zero attached hydrogens (tertiary/aromatic N) is 5. The molecule has 1 fully saturated rings. The summed E-state index contributed by atoms with van der Waals surface area (Å²) in [5, 5.41) is 2.98. The van der Waals surface area contributed by atoms with Crippen LogP contribution in [-0.4, -0.2) is 69.3 Å². The van der Waals surface area contributed by atoms with Crippen molar-refractivity contribution in [2.75, 3.05) is 39.4 Å². The van der Waals surface area contributed by atoms with Gasteiger partial charge >= 0.3 is 5.69 Å². The number of nitrogens with one attached hydrogen (secondary N) is 1. The van der Waals surface area contributed by atoms with E-state index in [4.69, 9.17) is 4.74 Å². The molecular weight excluding hydrogens is 424 g/mol. The van der Waals surface area contributed by atoms with Crippen LogP contribution in [0.2, 0.25) is 0 Å². The van der Waals surface area contributed by atoms with Gasteiger partial charge in [-0.1, -0.05) is 29.8 Å². The summed E-state index contributed by atoms with van der Waals surface area (Å²) >= 11 is 0.